The van der Waals surface area contributed by atoms with Crippen molar-refractivity contribution in [3.8, 4) is 11.5 Å². The largest absolute Gasteiger partial charge is 0.457 e. The van der Waals surface area contributed by atoms with Crippen molar-refractivity contribution in [2.24, 2.45) is 0 Å². The van der Waals surface area contributed by atoms with Crippen molar-refractivity contribution in [1.29, 1.82) is 0 Å². The van der Waals surface area contributed by atoms with Gasteiger partial charge in [-0.25, -0.2) is 0 Å². The van der Waals surface area contributed by atoms with Crippen molar-refractivity contribution in [3.05, 3.63) is 109 Å². The number of benzene rings is 2. The molecule has 0 amide bonds. The number of para-hydroxylation sites is 2. The molecule has 2 aromatic carbocycles. The molecular formula is C22H18O3. The Balaban J connectivity index is 0.000000156. The van der Waals surface area contributed by atoms with Gasteiger partial charge in [-0.15, -0.1) is 0 Å². The van der Waals surface area contributed by atoms with Gasteiger partial charge in [-0.2, -0.15) is 0 Å². The third-order valence-electron chi connectivity index (χ3n) is 2.99. The summed E-state index contributed by atoms with van der Waals surface area (Å²) < 4.78 is 5.58. The van der Waals surface area contributed by atoms with Gasteiger partial charge in [0.25, 0.3) is 0 Å². The van der Waals surface area contributed by atoms with Crippen molar-refractivity contribution in [1.82, 2.24) is 0 Å². The zero-order valence-corrected chi connectivity index (χ0v) is 13.6. The van der Waals surface area contributed by atoms with Crippen LogP contribution in [0.2, 0.25) is 0 Å². The molecule has 124 valence electrons. The fourth-order valence-electron chi connectivity index (χ4n) is 1.83. The van der Waals surface area contributed by atoms with Crippen LogP contribution in [-0.2, 0) is 9.59 Å². The molecule has 2 aliphatic rings. The quantitative estimate of drug-likeness (QED) is 0.791. The number of allylic oxidation sites excluding steroid dienone is 8. The van der Waals surface area contributed by atoms with Gasteiger partial charge in [-0.3, -0.25) is 9.59 Å². The maximum Gasteiger partial charge on any atom is 0.178 e. The van der Waals surface area contributed by atoms with E-state index in [2.05, 4.69) is 0 Å². The van der Waals surface area contributed by atoms with Crippen LogP contribution in [0, 0.1) is 0 Å². The summed E-state index contributed by atoms with van der Waals surface area (Å²) in [5.41, 5.74) is 0. The monoisotopic (exact) mass is 330 g/mol. The molecule has 0 unspecified atom stereocenters. The van der Waals surface area contributed by atoms with Crippen molar-refractivity contribution in [3.63, 3.8) is 0 Å². The second kappa shape index (κ2) is 10.3. The Labute approximate surface area is 147 Å². The summed E-state index contributed by atoms with van der Waals surface area (Å²) in [5, 5.41) is 0. The predicted molar refractivity (Wildman–Crippen MR) is 99.5 cm³/mol. The number of hydrogen-bond acceptors (Lipinski definition) is 3. The number of hydrogen-bond donors (Lipinski definition) is 0. The number of carbonyl (C=O) groups is 2. The summed E-state index contributed by atoms with van der Waals surface area (Å²) in [6.45, 7) is 0. The molecule has 0 saturated carbocycles. The Bertz CT molecular complexity index is 700. The van der Waals surface area contributed by atoms with Gasteiger partial charge in [0.2, 0.25) is 0 Å². The van der Waals surface area contributed by atoms with Crippen molar-refractivity contribution in [2.75, 3.05) is 0 Å². The van der Waals surface area contributed by atoms with Gasteiger partial charge in [0.15, 0.2) is 11.6 Å². The van der Waals surface area contributed by atoms with Crippen molar-refractivity contribution >= 4 is 11.6 Å². The van der Waals surface area contributed by atoms with E-state index < -0.39 is 0 Å². The molecule has 0 N–H and O–H groups in total. The molecular weight excluding hydrogens is 312 g/mol. The highest BCUT2D eigenvalue weighted by molar-refractivity contribution is 6.02. The number of carbonyl (C=O) groups excluding carboxylic acids is 2. The first-order valence-corrected chi connectivity index (χ1v) is 7.79. The van der Waals surface area contributed by atoms with E-state index in [1.165, 1.54) is 24.3 Å². The van der Waals surface area contributed by atoms with Crippen LogP contribution in [-0.4, -0.2) is 11.6 Å². The first kappa shape index (κ1) is 17.9. The normalized spacial score (nSPS) is 13.1. The van der Waals surface area contributed by atoms with E-state index >= 15 is 0 Å². The molecule has 0 fully saturated rings. The van der Waals surface area contributed by atoms with Crippen LogP contribution in [0.3, 0.4) is 0 Å². The van der Waals surface area contributed by atoms with E-state index in [1.807, 2.05) is 60.7 Å². The Morgan fingerprint density at radius 1 is 0.480 bits per heavy atom. The average molecular weight is 330 g/mol. The van der Waals surface area contributed by atoms with Gasteiger partial charge in [0.05, 0.1) is 0 Å². The molecule has 0 radical (unpaired) electrons. The summed E-state index contributed by atoms with van der Waals surface area (Å²) in [6.07, 6.45) is 13.0. The van der Waals surface area contributed by atoms with E-state index in [4.69, 9.17) is 4.74 Å². The molecule has 25 heavy (non-hydrogen) atoms. The summed E-state index contributed by atoms with van der Waals surface area (Å²) in [6, 6.07) is 19.5. The molecule has 0 atom stereocenters. The van der Waals surface area contributed by atoms with E-state index in [1.54, 1.807) is 24.3 Å². The highest BCUT2D eigenvalue weighted by atomic mass is 16.5. The molecule has 2 aliphatic carbocycles. The molecule has 4 rings (SSSR count). The fourth-order valence-corrected chi connectivity index (χ4v) is 1.83. The van der Waals surface area contributed by atoms with Crippen LogP contribution in [0.25, 0.3) is 0 Å². The van der Waals surface area contributed by atoms with Gasteiger partial charge in [0.1, 0.15) is 11.5 Å². The van der Waals surface area contributed by atoms with Gasteiger partial charge in [-0.05, 0) is 48.6 Å². The van der Waals surface area contributed by atoms with Crippen LogP contribution in [0.4, 0.5) is 0 Å². The summed E-state index contributed by atoms with van der Waals surface area (Å²) >= 11 is 0. The van der Waals surface area contributed by atoms with Gasteiger partial charge in [0, 0.05) is 0 Å². The molecule has 0 aromatic heterocycles. The van der Waals surface area contributed by atoms with Gasteiger partial charge in [-0.1, -0.05) is 60.7 Å². The van der Waals surface area contributed by atoms with Crippen molar-refractivity contribution in [2.45, 2.75) is 0 Å². The van der Waals surface area contributed by atoms with E-state index in [9.17, 15) is 9.59 Å². The summed E-state index contributed by atoms with van der Waals surface area (Å²) in [5.74, 6) is 1.92. The van der Waals surface area contributed by atoms with Crippen LogP contribution in [0.15, 0.2) is 109 Å². The van der Waals surface area contributed by atoms with Crippen LogP contribution < -0.4 is 4.74 Å². The number of rotatable bonds is 2. The Morgan fingerprint density at radius 3 is 1.04 bits per heavy atom. The lowest BCUT2D eigenvalue weighted by Gasteiger charge is -2.03. The predicted octanol–water partition coefficient (Wildman–Crippen LogP) is 4.84. The van der Waals surface area contributed by atoms with E-state index in [-0.39, 0.29) is 11.6 Å². The molecule has 2 aromatic rings. The first-order valence-electron chi connectivity index (χ1n) is 7.79. The Morgan fingerprint density at radius 2 is 0.800 bits per heavy atom. The van der Waals surface area contributed by atoms with Crippen LogP contribution in [0.1, 0.15) is 0 Å². The number of ether oxygens (including phenoxy) is 1. The molecule has 3 heteroatoms. The minimum Gasteiger partial charge on any atom is -0.457 e. The highest BCUT2D eigenvalue weighted by Gasteiger charge is 1.92. The standard InChI is InChI=1S/C12H10O.2C5H4O/c1-3-7-11(8-4-1)13-12-9-5-2-6-10-12;2*6-5-3-1-2-4-5/h1-10H;2*1-4H. The fraction of sp³-hybridized carbons (Fsp3) is 0. The van der Waals surface area contributed by atoms with Gasteiger partial charge >= 0.3 is 0 Å². The maximum absolute atomic E-state index is 10.1. The lowest BCUT2D eigenvalue weighted by atomic mass is 10.3. The third-order valence-corrected chi connectivity index (χ3v) is 2.99. The molecule has 0 spiro atoms. The minimum absolute atomic E-state index is 0.0926. The highest BCUT2D eigenvalue weighted by Crippen LogP contribution is 2.19. The topological polar surface area (TPSA) is 43.4 Å². The second-order valence-corrected chi connectivity index (χ2v) is 4.97. The smallest absolute Gasteiger partial charge is 0.178 e. The molecule has 0 saturated heterocycles. The zero-order valence-electron chi connectivity index (χ0n) is 13.6. The minimum atomic E-state index is 0.0926. The van der Waals surface area contributed by atoms with Gasteiger partial charge < -0.3 is 4.74 Å². The zero-order chi connectivity index (χ0) is 17.7. The lowest BCUT2D eigenvalue weighted by molar-refractivity contribution is -0.111. The third kappa shape index (κ3) is 7.57. The summed E-state index contributed by atoms with van der Waals surface area (Å²) in [4.78, 5) is 20.1. The molecule has 0 bridgehead atoms. The first-order chi connectivity index (χ1) is 12.2. The van der Waals surface area contributed by atoms with Crippen LogP contribution >= 0.6 is 0 Å². The SMILES string of the molecule is O=C1C=CC=C1.O=C1C=CC=C1.c1ccc(Oc2ccccc2)cc1. The Kier molecular flexibility index (Phi) is 7.40. The number of ketones is 2. The Hall–Kier alpha value is -3.46. The maximum atomic E-state index is 10.1. The lowest BCUT2D eigenvalue weighted by Crippen LogP contribution is -1.81. The second-order valence-electron chi connectivity index (χ2n) is 4.97. The molecule has 0 aliphatic heterocycles. The van der Waals surface area contributed by atoms with E-state index in [0.29, 0.717) is 0 Å². The average Bonchev–Trinajstić information content (AvgIpc) is 3.31. The molecule has 0 heterocycles. The van der Waals surface area contributed by atoms with Crippen molar-refractivity contribution < 1.29 is 14.3 Å². The summed E-state index contributed by atoms with van der Waals surface area (Å²) in [7, 11) is 0. The van der Waals surface area contributed by atoms with Crippen LogP contribution in [0.5, 0.6) is 11.5 Å². The van der Waals surface area contributed by atoms with E-state index in [0.717, 1.165) is 11.5 Å². The molecule has 3 nitrogen and oxygen atoms in total.